The minimum Gasteiger partial charge on any atom is -0.368 e. The van der Waals surface area contributed by atoms with Gasteiger partial charge in [-0.25, -0.2) is 13.4 Å². The van der Waals surface area contributed by atoms with Crippen LogP contribution in [0.4, 0.5) is 5.69 Å². The number of hydrazine groups is 1. The minimum atomic E-state index is -4.01. The van der Waals surface area contributed by atoms with Gasteiger partial charge in [-0.1, -0.05) is 0 Å². The van der Waals surface area contributed by atoms with Gasteiger partial charge in [0.05, 0.1) is 5.69 Å². The molecule has 0 aliphatic heterocycles. The Bertz CT molecular complexity index is 555. The number of primary amides is 1. The molecule has 0 bridgehead atoms. The lowest BCUT2D eigenvalue weighted by Crippen LogP contribution is -2.53. The average molecular weight is 273 g/mol. The topological polar surface area (TPSA) is 140 Å². The second-order valence-corrected chi connectivity index (χ2v) is 5.69. The molecule has 8 nitrogen and oxygen atoms in total. The minimum absolute atomic E-state index is 0.116. The van der Waals surface area contributed by atoms with Gasteiger partial charge in [-0.05, 0) is 26.0 Å². The molecule has 0 radical (unpaired) electrons. The molecule has 0 spiro atoms. The van der Waals surface area contributed by atoms with Crippen LogP contribution in [0.2, 0.25) is 0 Å². The molecular weight excluding hydrogens is 258 g/mol. The molecule has 18 heavy (non-hydrogen) atoms. The van der Waals surface area contributed by atoms with E-state index >= 15 is 0 Å². The number of hydrogen-bond donors (Lipinski definition) is 4. The third-order valence-electron chi connectivity index (χ3n) is 2.19. The highest BCUT2D eigenvalue weighted by Crippen LogP contribution is 2.18. The predicted molar refractivity (Wildman–Crippen MR) is 65.6 cm³/mol. The average Bonchev–Trinajstić information content (AvgIpc) is 2.27. The Morgan fingerprint density at radius 1 is 1.44 bits per heavy atom. The van der Waals surface area contributed by atoms with Crippen LogP contribution in [0, 0.1) is 0 Å². The quantitative estimate of drug-likeness (QED) is 0.397. The van der Waals surface area contributed by atoms with Gasteiger partial charge in [0.2, 0.25) is 5.91 Å². The molecule has 0 atom stereocenters. The summed E-state index contributed by atoms with van der Waals surface area (Å²) in [5.74, 6) is 4.40. The summed E-state index contributed by atoms with van der Waals surface area (Å²) < 4.78 is 26.3. The zero-order valence-electron chi connectivity index (χ0n) is 9.97. The number of carbonyl (C=O) groups is 1. The number of amides is 1. The zero-order valence-corrected chi connectivity index (χ0v) is 10.8. The van der Waals surface area contributed by atoms with Crippen LogP contribution in [0.25, 0.3) is 0 Å². The van der Waals surface area contributed by atoms with Gasteiger partial charge in [0, 0.05) is 6.20 Å². The van der Waals surface area contributed by atoms with Crippen molar-refractivity contribution in [2.75, 3.05) is 5.43 Å². The van der Waals surface area contributed by atoms with Crippen LogP contribution >= 0.6 is 0 Å². The van der Waals surface area contributed by atoms with E-state index in [0.717, 1.165) is 0 Å². The van der Waals surface area contributed by atoms with E-state index in [2.05, 4.69) is 15.1 Å². The first-order valence-electron chi connectivity index (χ1n) is 4.96. The maximum atomic E-state index is 12.1. The van der Waals surface area contributed by atoms with Gasteiger partial charge < -0.3 is 11.2 Å². The van der Waals surface area contributed by atoms with E-state index < -0.39 is 21.5 Å². The largest absolute Gasteiger partial charge is 0.368 e. The van der Waals surface area contributed by atoms with E-state index in [4.69, 9.17) is 11.6 Å². The second-order valence-electron chi connectivity index (χ2n) is 4.10. The Kier molecular flexibility index (Phi) is 3.89. The van der Waals surface area contributed by atoms with E-state index in [-0.39, 0.29) is 10.7 Å². The Morgan fingerprint density at radius 3 is 2.56 bits per heavy atom. The molecule has 1 aromatic heterocycles. The van der Waals surface area contributed by atoms with Crippen LogP contribution in [0.1, 0.15) is 13.8 Å². The molecule has 6 N–H and O–H groups in total. The van der Waals surface area contributed by atoms with E-state index in [1.165, 1.54) is 32.2 Å². The van der Waals surface area contributed by atoms with Gasteiger partial charge in [0.25, 0.3) is 10.0 Å². The number of aromatic nitrogens is 1. The van der Waals surface area contributed by atoms with Crippen molar-refractivity contribution in [3.05, 3.63) is 18.3 Å². The Balaban J connectivity index is 3.19. The molecular formula is C9H15N5O3S. The number of hydrogen-bond acceptors (Lipinski definition) is 6. The normalized spacial score (nSPS) is 12.2. The SMILES string of the molecule is CC(C)(NS(=O)(=O)c1ncccc1NN)C(N)=O. The number of sulfonamides is 1. The van der Waals surface area contributed by atoms with Crippen LogP contribution < -0.4 is 21.7 Å². The first-order valence-corrected chi connectivity index (χ1v) is 6.44. The molecule has 1 heterocycles. The van der Waals surface area contributed by atoms with Crippen LogP contribution in [0.3, 0.4) is 0 Å². The summed E-state index contributed by atoms with van der Waals surface area (Å²) in [6.07, 6.45) is 1.30. The monoisotopic (exact) mass is 273 g/mol. The number of nitrogens with two attached hydrogens (primary N) is 2. The van der Waals surface area contributed by atoms with Crippen molar-refractivity contribution < 1.29 is 13.2 Å². The number of rotatable bonds is 5. The fourth-order valence-electron chi connectivity index (χ4n) is 1.15. The van der Waals surface area contributed by atoms with Crippen LogP contribution in [0.15, 0.2) is 23.4 Å². The lowest BCUT2D eigenvalue weighted by atomic mass is 10.1. The van der Waals surface area contributed by atoms with Crippen molar-refractivity contribution in [1.29, 1.82) is 0 Å². The molecule has 0 saturated carbocycles. The van der Waals surface area contributed by atoms with Crippen molar-refractivity contribution in [1.82, 2.24) is 9.71 Å². The van der Waals surface area contributed by atoms with Crippen molar-refractivity contribution >= 4 is 21.6 Å². The van der Waals surface area contributed by atoms with Crippen molar-refractivity contribution in [3.8, 4) is 0 Å². The smallest absolute Gasteiger partial charge is 0.261 e. The number of nitrogens with zero attached hydrogens (tertiary/aromatic N) is 1. The summed E-state index contributed by atoms with van der Waals surface area (Å²) in [6.45, 7) is 2.71. The van der Waals surface area contributed by atoms with Crippen LogP contribution in [-0.2, 0) is 14.8 Å². The van der Waals surface area contributed by atoms with Crippen molar-refractivity contribution in [2.45, 2.75) is 24.4 Å². The fourth-order valence-corrected chi connectivity index (χ4v) is 2.63. The highest BCUT2D eigenvalue weighted by Gasteiger charge is 2.33. The molecule has 0 aliphatic rings. The summed E-state index contributed by atoms with van der Waals surface area (Å²) in [7, 11) is -4.01. The summed E-state index contributed by atoms with van der Waals surface area (Å²) in [5, 5.41) is -0.304. The van der Waals surface area contributed by atoms with E-state index in [0.29, 0.717) is 0 Å². The number of anilines is 1. The fraction of sp³-hybridized carbons (Fsp3) is 0.333. The zero-order chi connectivity index (χ0) is 14.0. The van der Waals surface area contributed by atoms with Crippen LogP contribution in [0.5, 0.6) is 0 Å². The van der Waals surface area contributed by atoms with Gasteiger partial charge in [0.15, 0.2) is 5.03 Å². The van der Waals surface area contributed by atoms with Gasteiger partial charge in [-0.2, -0.15) is 4.72 Å². The molecule has 0 saturated heterocycles. The Morgan fingerprint density at radius 2 is 2.06 bits per heavy atom. The molecule has 9 heteroatoms. The predicted octanol–water partition coefficient (Wildman–Crippen LogP) is -1.09. The molecule has 1 amide bonds. The molecule has 0 unspecified atom stereocenters. The number of pyridine rings is 1. The standard InChI is InChI=1S/C9H15N5O3S/c1-9(2,8(10)15)14-18(16,17)7-6(13-11)4-3-5-12-7/h3-5,13-14H,11H2,1-2H3,(H2,10,15). The maximum Gasteiger partial charge on any atom is 0.261 e. The summed E-state index contributed by atoms with van der Waals surface area (Å²) in [5.41, 5.74) is 6.01. The van der Waals surface area contributed by atoms with E-state index in [1.54, 1.807) is 0 Å². The molecule has 1 aromatic rings. The van der Waals surface area contributed by atoms with Gasteiger partial charge >= 0.3 is 0 Å². The lowest BCUT2D eigenvalue weighted by Gasteiger charge is -2.22. The van der Waals surface area contributed by atoms with E-state index in [9.17, 15) is 13.2 Å². The van der Waals surface area contributed by atoms with Gasteiger partial charge in [-0.3, -0.25) is 10.6 Å². The van der Waals surface area contributed by atoms with Crippen LogP contribution in [-0.4, -0.2) is 24.8 Å². The first kappa shape index (κ1) is 14.4. The lowest BCUT2D eigenvalue weighted by molar-refractivity contribution is -0.122. The summed E-state index contributed by atoms with van der Waals surface area (Å²) >= 11 is 0. The van der Waals surface area contributed by atoms with Gasteiger partial charge in [0.1, 0.15) is 5.54 Å². The third kappa shape index (κ3) is 2.94. The number of nitrogen functional groups attached to an aromatic ring is 1. The van der Waals surface area contributed by atoms with Crippen molar-refractivity contribution in [3.63, 3.8) is 0 Å². The highest BCUT2D eigenvalue weighted by atomic mass is 32.2. The molecule has 1 rings (SSSR count). The summed E-state index contributed by atoms with van der Waals surface area (Å²) in [6, 6.07) is 2.96. The Hall–Kier alpha value is -1.71. The van der Waals surface area contributed by atoms with E-state index in [1.807, 2.05) is 0 Å². The highest BCUT2D eigenvalue weighted by molar-refractivity contribution is 7.89. The molecule has 0 aromatic carbocycles. The number of carbonyl (C=O) groups excluding carboxylic acids is 1. The van der Waals surface area contributed by atoms with Crippen molar-refractivity contribution in [2.24, 2.45) is 11.6 Å². The number of nitrogens with one attached hydrogen (secondary N) is 2. The molecule has 0 aliphatic carbocycles. The van der Waals surface area contributed by atoms with Gasteiger partial charge in [-0.15, -0.1) is 0 Å². The summed E-state index contributed by atoms with van der Waals surface area (Å²) in [4.78, 5) is 14.8. The molecule has 100 valence electrons. The maximum absolute atomic E-state index is 12.1. The third-order valence-corrected chi connectivity index (χ3v) is 3.80. The molecule has 0 fully saturated rings. The second kappa shape index (κ2) is 4.88. The first-order chi connectivity index (χ1) is 8.20. The Labute approximate surface area is 105 Å².